The molecule has 2 heterocycles. The van der Waals surface area contributed by atoms with E-state index in [0.29, 0.717) is 6.61 Å². The summed E-state index contributed by atoms with van der Waals surface area (Å²) >= 11 is 0. The first-order valence-electron chi connectivity index (χ1n) is 25.4. The summed E-state index contributed by atoms with van der Waals surface area (Å²) in [6.45, 7) is 2.23. The Kier molecular flexibility index (Phi) is 26.1. The molecule has 2 N–H and O–H groups in total. The van der Waals surface area contributed by atoms with Crippen LogP contribution in [0.1, 0.15) is 167 Å². The number of fused-ring (bicyclic) bond motifs is 2. The molecule has 0 aliphatic heterocycles. The van der Waals surface area contributed by atoms with Gasteiger partial charge in [0.15, 0.2) is 23.1 Å². The summed E-state index contributed by atoms with van der Waals surface area (Å²) < 4.78 is 43.9. The summed E-state index contributed by atoms with van der Waals surface area (Å²) in [7, 11) is 2.74. The second kappa shape index (κ2) is 32.1. The maximum absolute atomic E-state index is 14.8. The third kappa shape index (κ3) is 20.0. The molecule has 0 fully saturated rings. The van der Waals surface area contributed by atoms with Gasteiger partial charge >= 0.3 is 11.9 Å². The Balaban J connectivity index is 0.000000294. The number of aliphatic hydroxyl groups is 1. The summed E-state index contributed by atoms with van der Waals surface area (Å²) in [5, 5.41) is 17.0. The number of phenols is 1. The lowest BCUT2D eigenvalue weighted by Gasteiger charge is -2.17. The number of aryl methyl sites for hydroxylation is 6. The number of aromatic nitrogens is 2. The van der Waals surface area contributed by atoms with Crippen molar-refractivity contribution in [1.82, 2.24) is 9.97 Å². The number of halogens is 2. The summed E-state index contributed by atoms with van der Waals surface area (Å²) in [6, 6.07) is 27.8. The zero-order valence-electron chi connectivity index (χ0n) is 41.6. The van der Waals surface area contributed by atoms with Gasteiger partial charge in [0.1, 0.15) is 6.61 Å². The van der Waals surface area contributed by atoms with Gasteiger partial charge in [-0.3, -0.25) is 19.6 Å². The van der Waals surface area contributed by atoms with Crippen LogP contribution in [0.25, 0.3) is 0 Å². The van der Waals surface area contributed by atoms with E-state index >= 15 is 0 Å². The van der Waals surface area contributed by atoms with Gasteiger partial charge in [-0.05, 0) is 173 Å². The van der Waals surface area contributed by atoms with Gasteiger partial charge < -0.3 is 24.4 Å². The Bertz CT molecular complexity index is 2390. The van der Waals surface area contributed by atoms with Crippen molar-refractivity contribution in [3.8, 4) is 11.5 Å². The molecule has 2 atom stereocenters. The highest BCUT2D eigenvalue weighted by Gasteiger charge is 2.19. The number of phenolic OH excluding ortho intramolecular Hbond substituents is 1. The molecule has 9 nitrogen and oxygen atoms in total. The van der Waals surface area contributed by atoms with E-state index in [1.807, 2.05) is 42.5 Å². The Morgan fingerprint density at radius 1 is 0.676 bits per heavy atom. The van der Waals surface area contributed by atoms with Crippen molar-refractivity contribution < 1.29 is 42.8 Å². The number of aromatic hydroxyl groups is 1. The SMILES string of the molecule is C.CCO.COC(=O)C[C@H](/C=C/CCCCc1ccc2c(n1)CCCC2)c1ccc(OCc2ccccc2)c(F)c1.COC(=O)C[C@H](CCCCCCc1ccc2c(n1)CCCC2)c1ccc(O)c(F)c1. The molecule has 71 heavy (non-hydrogen) atoms. The molecule has 0 saturated heterocycles. The second-order valence-corrected chi connectivity index (χ2v) is 18.2. The fourth-order valence-corrected chi connectivity index (χ4v) is 9.02. The van der Waals surface area contributed by atoms with Gasteiger partial charge in [0.2, 0.25) is 0 Å². The number of esters is 2. The summed E-state index contributed by atoms with van der Waals surface area (Å²) in [5.74, 6) is -2.24. The highest BCUT2D eigenvalue weighted by Crippen LogP contribution is 2.31. The van der Waals surface area contributed by atoms with E-state index in [2.05, 4.69) is 30.3 Å². The van der Waals surface area contributed by atoms with Gasteiger partial charge in [0.25, 0.3) is 0 Å². The molecule has 0 saturated carbocycles. The van der Waals surface area contributed by atoms with Crippen molar-refractivity contribution in [2.24, 2.45) is 0 Å². The van der Waals surface area contributed by atoms with Crippen LogP contribution in [0, 0.1) is 11.6 Å². The third-order valence-electron chi connectivity index (χ3n) is 12.9. The molecule has 0 unspecified atom stereocenters. The number of unbranched alkanes of at least 4 members (excludes halogenated alkanes) is 5. The smallest absolute Gasteiger partial charge is 0.306 e. The largest absolute Gasteiger partial charge is 0.505 e. The minimum Gasteiger partial charge on any atom is -0.505 e. The van der Waals surface area contributed by atoms with Gasteiger partial charge in [-0.15, -0.1) is 0 Å². The first kappa shape index (κ1) is 57.6. The summed E-state index contributed by atoms with van der Waals surface area (Å²) in [5.41, 5.74) is 10.2. The minimum atomic E-state index is -0.653. The van der Waals surface area contributed by atoms with Crippen molar-refractivity contribution in [1.29, 1.82) is 0 Å². The van der Waals surface area contributed by atoms with Crippen molar-refractivity contribution in [2.45, 2.75) is 161 Å². The number of rotatable bonds is 22. The molecule has 7 rings (SSSR count). The Morgan fingerprint density at radius 2 is 1.24 bits per heavy atom. The Hall–Kier alpha value is -5.94. The average Bonchev–Trinajstić information content (AvgIpc) is 3.38. The maximum atomic E-state index is 14.8. The first-order valence-corrected chi connectivity index (χ1v) is 25.4. The number of allylic oxidation sites excluding steroid dienone is 2. The summed E-state index contributed by atoms with van der Waals surface area (Å²) in [6.07, 6.45) is 24.0. The highest BCUT2D eigenvalue weighted by atomic mass is 19.1. The molecule has 384 valence electrons. The molecule has 5 aromatic rings. The minimum absolute atomic E-state index is 0. The van der Waals surface area contributed by atoms with Crippen molar-refractivity contribution in [3.05, 3.63) is 165 Å². The number of nitrogens with zero attached hydrogens (tertiary/aromatic N) is 2. The lowest BCUT2D eigenvalue weighted by molar-refractivity contribution is -0.141. The number of ether oxygens (including phenoxy) is 3. The summed E-state index contributed by atoms with van der Waals surface area (Å²) in [4.78, 5) is 33.5. The van der Waals surface area contributed by atoms with Crippen LogP contribution in [0.15, 0.2) is 103 Å². The fourth-order valence-electron chi connectivity index (χ4n) is 9.02. The van der Waals surface area contributed by atoms with E-state index in [0.717, 1.165) is 100 Å². The van der Waals surface area contributed by atoms with E-state index in [9.17, 15) is 23.5 Å². The monoisotopic (exact) mass is 977 g/mol. The van der Waals surface area contributed by atoms with Crippen LogP contribution in [0.3, 0.4) is 0 Å². The van der Waals surface area contributed by atoms with Crippen molar-refractivity contribution in [3.63, 3.8) is 0 Å². The molecular weight excluding hydrogens is 899 g/mol. The topological polar surface area (TPSA) is 128 Å². The van der Waals surface area contributed by atoms with Crippen LogP contribution in [0.4, 0.5) is 8.78 Å². The fraction of sp³-hybridized carbons (Fsp3) is 0.467. The van der Waals surface area contributed by atoms with Crippen LogP contribution in [0.2, 0.25) is 0 Å². The zero-order valence-corrected chi connectivity index (χ0v) is 41.6. The normalized spacial score (nSPS) is 13.4. The lowest BCUT2D eigenvalue weighted by atomic mass is 9.90. The predicted molar refractivity (Wildman–Crippen MR) is 279 cm³/mol. The van der Waals surface area contributed by atoms with E-state index < -0.39 is 11.6 Å². The van der Waals surface area contributed by atoms with Crippen LogP contribution in [-0.2, 0) is 64.2 Å². The number of benzene rings is 3. The van der Waals surface area contributed by atoms with Gasteiger partial charge in [0.05, 0.1) is 27.1 Å². The van der Waals surface area contributed by atoms with Gasteiger partial charge in [-0.2, -0.15) is 0 Å². The van der Waals surface area contributed by atoms with Crippen molar-refractivity contribution in [2.75, 3.05) is 20.8 Å². The molecule has 2 aliphatic rings. The number of aliphatic hydroxyl groups excluding tert-OH is 1. The maximum Gasteiger partial charge on any atom is 0.306 e. The number of carbonyl (C=O) groups is 2. The van der Waals surface area contributed by atoms with Crippen LogP contribution in [-0.4, -0.2) is 52.9 Å². The van der Waals surface area contributed by atoms with E-state index in [1.54, 1.807) is 19.1 Å². The zero-order chi connectivity index (χ0) is 49.9. The number of hydrogen-bond acceptors (Lipinski definition) is 9. The number of carbonyl (C=O) groups excluding carboxylic acids is 2. The van der Waals surface area contributed by atoms with E-state index in [4.69, 9.17) is 29.3 Å². The van der Waals surface area contributed by atoms with E-state index in [1.165, 1.54) is 98.4 Å². The number of hydrogen-bond donors (Lipinski definition) is 2. The number of methoxy groups -OCH3 is 2. The third-order valence-corrected chi connectivity index (χ3v) is 12.9. The molecule has 0 amide bonds. The van der Waals surface area contributed by atoms with Crippen LogP contribution < -0.4 is 4.74 Å². The molecule has 0 radical (unpaired) electrons. The molecule has 0 bridgehead atoms. The molecule has 3 aromatic carbocycles. The lowest BCUT2D eigenvalue weighted by Crippen LogP contribution is -2.09. The molecule has 0 spiro atoms. The van der Waals surface area contributed by atoms with Gasteiger partial charge in [-0.25, -0.2) is 8.78 Å². The average molecular weight is 977 g/mol. The first-order chi connectivity index (χ1) is 34.1. The molecule has 2 aromatic heterocycles. The molecular formula is C60H78F2N2O7. The van der Waals surface area contributed by atoms with E-state index in [-0.39, 0.29) is 62.1 Å². The predicted octanol–water partition coefficient (Wildman–Crippen LogP) is 13.6. The Labute approximate surface area is 422 Å². The molecule has 2 aliphatic carbocycles. The van der Waals surface area contributed by atoms with Gasteiger partial charge in [0, 0.05) is 35.3 Å². The quantitative estimate of drug-likeness (QED) is 0.0396. The second-order valence-electron chi connectivity index (χ2n) is 18.2. The van der Waals surface area contributed by atoms with Crippen LogP contribution >= 0.6 is 0 Å². The number of pyridine rings is 2. The highest BCUT2D eigenvalue weighted by molar-refractivity contribution is 5.71. The molecule has 11 heteroatoms. The Morgan fingerprint density at radius 3 is 1.85 bits per heavy atom. The standard InChI is InChI=1S/C32H36FNO3.C25H32FNO3.C2H6O.CH4/c1-36-32(35)22-26(27-18-20-31(29(33)21-27)37-23-24-11-5-4-6-12-24)14-7-2-3-8-15-28-19-17-25-13-9-10-16-30(25)34-28;1-30-25(29)17-19(20-13-15-24(28)22(26)16-20)9-4-2-3-5-10-21-14-12-18-8-6-7-11-23(18)27-21;1-2-3;/h4-7,11-12,14,17-21,26H,2-3,8-10,13,15-16,22-23H2,1H3;12-16,19,28H,2-11,17H2,1H3;3H,2H2,1H3;1H4/b14-7+;;;/t26-;19-;;/m00../s1. The van der Waals surface area contributed by atoms with Crippen LogP contribution in [0.5, 0.6) is 11.5 Å². The van der Waals surface area contributed by atoms with Gasteiger partial charge in [-0.1, -0.05) is 93.4 Å². The van der Waals surface area contributed by atoms with Crippen molar-refractivity contribution >= 4 is 11.9 Å².